The van der Waals surface area contributed by atoms with E-state index in [2.05, 4.69) is 10.3 Å². The summed E-state index contributed by atoms with van der Waals surface area (Å²) >= 11 is 0. The monoisotopic (exact) mass is 258 g/mol. The number of nitrogens with one attached hydrogen (secondary N) is 1. The minimum atomic E-state index is -1.04. The molecule has 2 N–H and O–H groups in total. The van der Waals surface area contributed by atoms with Gasteiger partial charge in [-0.2, -0.15) is 0 Å². The molecule has 5 heteroatoms. The summed E-state index contributed by atoms with van der Waals surface area (Å²) in [5.41, 5.74) is 1.16. The maximum atomic E-state index is 11.9. The number of carboxylic acids is 1. The first-order chi connectivity index (χ1) is 9.11. The Balaban J connectivity index is 2.24. The Morgan fingerprint density at radius 2 is 2.11 bits per heavy atom. The number of pyridine rings is 1. The maximum absolute atomic E-state index is 11.9. The fourth-order valence-corrected chi connectivity index (χ4v) is 1.78. The predicted molar refractivity (Wildman–Crippen MR) is 70.9 cm³/mol. The number of carboxylic acid groups (broad SMARTS) is 1. The van der Waals surface area contributed by atoms with Crippen LogP contribution >= 0.6 is 0 Å². The summed E-state index contributed by atoms with van der Waals surface area (Å²) in [7, 11) is 0. The number of para-hydroxylation sites is 1. The molecule has 2 aromatic rings. The molecule has 1 aromatic carbocycles. The normalized spacial score (nSPS) is 12.1. The summed E-state index contributed by atoms with van der Waals surface area (Å²) in [6.45, 7) is 1.71. The van der Waals surface area contributed by atoms with Crippen LogP contribution in [-0.2, 0) is 4.79 Å². The Morgan fingerprint density at radius 1 is 1.37 bits per heavy atom. The molecule has 1 heterocycles. The van der Waals surface area contributed by atoms with E-state index in [1.807, 2.05) is 24.3 Å². The summed E-state index contributed by atoms with van der Waals surface area (Å²) in [6.07, 6.45) is 1.79. The largest absolute Gasteiger partial charge is 0.480 e. The molecule has 2 rings (SSSR count). The van der Waals surface area contributed by atoms with Crippen molar-refractivity contribution in [3.63, 3.8) is 0 Å². The van der Waals surface area contributed by atoms with E-state index >= 15 is 0 Å². The van der Waals surface area contributed by atoms with E-state index in [0.29, 0.717) is 12.0 Å². The highest BCUT2D eigenvalue weighted by Gasteiger charge is 2.18. The Bertz CT molecular complexity index is 625. The van der Waals surface area contributed by atoms with Gasteiger partial charge in [-0.05, 0) is 18.6 Å². The molecule has 0 saturated carbocycles. The topological polar surface area (TPSA) is 79.3 Å². The summed E-state index contributed by atoms with van der Waals surface area (Å²) in [4.78, 5) is 27.0. The van der Waals surface area contributed by atoms with Crippen LogP contribution in [0.2, 0.25) is 0 Å². The van der Waals surface area contributed by atoms with Gasteiger partial charge in [0.05, 0.1) is 11.1 Å². The number of amides is 1. The fourth-order valence-electron chi connectivity index (χ4n) is 1.78. The Hall–Kier alpha value is -2.43. The molecule has 0 aliphatic rings. The van der Waals surface area contributed by atoms with E-state index in [-0.39, 0.29) is 0 Å². The van der Waals surface area contributed by atoms with Crippen molar-refractivity contribution in [2.24, 2.45) is 0 Å². The highest BCUT2D eigenvalue weighted by atomic mass is 16.4. The van der Waals surface area contributed by atoms with Crippen LogP contribution in [0.4, 0.5) is 0 Å². The van der Waals surface area contributed by atoms with E-state index in [4.69, 9.17) is 5.11 Å². The lowest BCUT2D eigenvalue weighted by molar-refractivity contribution is -0.139. The molecule has 0 aliphatic heterocycles. The molecular weight excluding hydrogens is 244 g/mol. The second kappa shape index (κ2) is 5.48. The molecule has 0 bridgehead atoms. The Morgan fingerprint density at radius 3 is 2.79 bits per heavy atom. The van der Waals surface area contributed by atoms with Crippen LogP contribution in [0.15, 0.2) is 36.5 Å². The highest BCUT2D eigenvalue weighted by Crippen LogP contribution is 2.12. The lowest BCUT2D eigenvalue weighted by atomic mass is 10.1. The molecule has 1 aromatic heterocycles. The fraction of sp³-hybridized carbons (Fsp3) is 0.214. The van der Waals surface area contributed by atoms with Crippen LogP contribution in [0.25, 0.3) is 10.9 Å². The number of benzene rings is 1. The number of aromatic nitrogens is 1. The lowest BCUT2D eigenvalue weighted by Crippen LogP contribution is -2.40. The van der Waals surface area contributed by atoms with Gasteiger partial charge in [0.25, 0.3) is 5.91 Å². The number of hydrogen-bond donors (Lipinski definition) is 2. The molecule has 0 aliphatic carbocycles. The van der Waals surface area contributed by atoms with Crippen molar-refractivity contribution in [2.75, 3.05) is 0 Å². The molecule has 5 nitrogen and oxygen atoms in total. The van der Waals surface area contributed by atoms with Crippen LogP contribution in [0, 0.1) is 0 Å². The van der Waals surface area contributed by atoms with E-state index in [1.165, 1.54) is 6.20 Å². The molecule has 1 atom stereocenters. The van der Waals surface area contributed by atoms with E-state index < -0.39 is 17.9 Å². The van der Waals surface area contributed by atoms with E-state index in [1.54, 1.807) is 13.0 Å². The van der Waals surface area contributed by atoms with Gasteiger partial charge in [0.2, 0.25) is 0 Å². The van der Waals surface area contributed by atoms with Gasteiger partial charge < -0.3 is 10.4 Å². The minimum absolute atomic E-state index is 0.335. The summed E-state index contributed by atoms with van der Waals surface area (Å²) in [5, 5.41) is 12.2. The van der Waals surface area contributed by atoms with Crippen LogP contribution in [0.3, 0.4) is 0 Å². The average molecular weight is 258 g/mol. The van der Waals surface area contributed by atoms with Crippen LogP contribution in [0.1, 0.15) is 23.7 Å². The zero-order valence-corrected chi connectivity index (χ0v) is 10.5. The molecule has 19 heavy (non-hydrogen) atoms. The van der Waals surface area contributed by atoms with Gasteiger partial charge in [0.1, 0.15) is 6.04 Å². The maximum Gasteiger partial charge on any atom is 0.326 e. The molecule has 0 unspecified atom stereocenters. The molecule has 0 fully saturated rings. The van der Waals surface area contributed by atoms with Crippen molar-refractivity contribution in [1.29, 1.82) is 0 Å². The van der Waals surface area contributed by atoms with Gasteiger partial charge in [-0.1, -0.05) is 25.1 Å². The molecular formula is C14H14N2O3. The first kappa shape index (κ1) is 13.0. The average Bonchev–Trinajstić information content (AvgIpc) is 2.43. The number of aliphatic carboxylic acids is 1. The lowest BCUT2D eigenvalue weighted by Gasteiger charge is -2.12. The third-order valence-electron chi connectivity index (χ3n) is 2.86. The zero-order chi connectivity index (χ0) is 13.8. The van der Waals surface area contributed by atoms with Crippen molar-refractivity contribution < 1.29 is 14.7 Å². The standard InChI is InChI=1S/C14H14N2O3/c1-2-11(14(18)19)16-13(17)10-7-9-5-3-4-6-12(9)15-8-10/h3-8,11H,2H2,1H3,(H,16,17)(H,18,19)/t11-/m1/s1. The third-order valence-corrected chi connectivity index (χ3v) is 2.86. The van der Waals surface area contributed by atoms with Crippen LogP contribution in [-0.4, -0.2) is 28.0 Å². The molecule has 0 radical (unpaired) electrons. The Labute approximate surface area is 110 Å². The summed E-state index contributed by atoms with van der Waals surface area (Å²) in [6, 6.07) is 8.26. The zero-order valence-electron chi connectivity index (χ0n) is 10.5. The summed E-state index contributed by atoms with van der Waals surface area (Å²) in [5.74, 6) is -1.46. The number of rotatable bonds is 4. The van der Waals surface area contributed by atoms with E-state index in [0.717, 1.165) is 10.9 Å². The molecule has 1 amide bonds. The van der Waals surface area contributed by atoms with Gasteiger partial charge in [0.15, 0.2) is 0 Å². The Kier molecular flexibility index (Phi) is 3.75. The van der Waals surface area contributed by atoms with Crippen molar-refractivity contribution in [1.82, 2.24) is 10.3 Å². The third kappa shape index (κ3) is 2.88. The smallest absolute Gasteiger partial charge is 0.326 e. The predicted octanol–water partition coefficient (Wildman–Crippen LogP) is 1.83. The van der Waals surface area contributed by atoms with Crippen molar-refractivity contribution in [3.8, 4) is 0 Å². The summed E-state index contributed by atoms with van der Waals surface area (Å²) < 4.78 is 0. The van der Waals surface area contributed by atoms with Gasteiger partial charge in [0, 0.05) is 11.6 Å². The minimum Gasteiger partial charge on any atom is -0.480 e. The van der Waals surface area contributed by atoms with Crippen LogP contribution < -0.4 is 5.32 Å². The van der Waals surface area contributed by atoms with Gasteiger partial charge >= 0.3 is 5.97 Å². The van der Waals surface area contributed by atoms with Gasteiger partial charge in [-0.3, -0.25) is 9.78 Å². The molecule has 0 spiro atoms. The number of nitrogens with zero attached hydrogens (tertiary/aromatic N) is 1. The van der Waals surface area contributed by atoms with Crippen molar-refractivity contribution in [3.05, 3.63) is 42.1 Å². The van der Waals surface area contributed by atoms with Crippen LogP contribution in [0.5, 0.6) is 0 Å². The second-order valence-electron chi connectivity index (χ2n) is 4.19. The highest BCUT2D eigenvalue weighted by molar-refractivity contribution is 5.98. The van der Waals surface area contributed by atoms with Crippen molar-refractivity contribution in [2.45, 2.75) is 19.4 Å². The SMILES string of the molecule is CC[C@@H](NC(=O)c1cnc2ccccc2c1)C(=O)O. The first-order valence-electron chi connectivity index (χ1n) is 6.00. The number of hydrogen-bond acceptors (Lipinski definition) is 3. The van der Waals surface area contributed by atoms with Crippen molar-refractivity contribution >= 4 is 22.8 Å². The van der Waals surface area contributed by atoms with Gasteiger partial charge in [-0.25, -0.2) is 4.79 Å². The van der Waals surface area contributed by atoms with Gasteiger partial charge in [-0.15, -0.1) is 0 Å². The quantitative estimate of drug-likeness (QED) is 0.876. The second-order valence-corrected chi connectivity index (χ2v) is 4.19. The van der Waals surface area contributed by atoms with E-state index in [9.17, 15) is 9.59 Å². The molecule has 0 saturated heterocycles. The number of fused-ring (bicyclic) bond motifs is 1. The number of carbonyl (C=O) groups is 2. The number of carbonyl (C=O) groups excluding carboxylic acids is 1. The molecule has 98 valence electrons. The first-order valence-corrected chi connectivity index (χ1v) is 6.00.